The minimum Gasteiger partial charge on any atom is -0.355 e. The summed E-state index contributed by atoms with van der Waals surface area (Å²) in [5, 5.41) is 3.08. The summed E-state index contributed by atoms with van der Waals surface area (Å²) in [6.07, 6.45) is 2.29. The van der Waals surface area contributed by atoms with E-state index in [1.165, 1.54) is 10.5 Å². The summed E-state index contributed by atoms with van der Waals surface area (Å²) in [5.41, 5.74) is 1.37. The Balaban J connectivity index is 1.64. The number of hydrogen-bond acceptors (Lipinski definition) is 2. The highest BCUT2D eigenvalue weighted by atomic mass is 35.5. The van der Waals surface area contributed by atoms with E-state index in [1.807, 2.05) is 12.1 Å². The van der Waals surface area contributed by atoms with E-state index in [1.54, 1.807) is 11.8 Å². The first kappa shape index (κ1) is 12.4. The molecule has 1 N–H and O–H groups in total. The van der Waals surface area contributed by atoms with Gasteiger partial charge in [0, 0.05) is 28.5 Å². The summed E-state index contributed by atoms with van der Waals surface area (Å²) >= 11 is 7.70. The summed E-state index contributed by atoms with van der Waals surface area (Å²) < 4.78 is 0. The summed E-state index contributed by atoms with van der Waals surface area (Å²) in [6.45, 7) is 0.735. The number of thioether (sulfide) groups is 1. The number of fused-ring (bicyclic) bond motifs is 1. The average Bonchev–Trinajstić information content (AvgIpc) is 3.07. The quantitative estimate of drug-likeness (QED) is 0.860. The molecule has 1 saturated carbocycles. The smallest absolute Gasteiger partial charge is 0.228 e. The van der Waals surface area contributed by atoms with Crippen LogP contribution in [0.25, 0.3) is 0 Å². The van der Waals surface area contributed by atoms with E-state index >= 15 is 0 Å². The summed E-state index contributed by atoms with van der Waals surface area (Å²) in [4.78, 5) is 13.5. The second-order valence-corrected chi connectivity index (χ2v) is 6.58. The van der Waals surface area contributed by atoms with Gasteiger partial charge in [0.25, 0.3) is 0 Å². The summed E-state index contributed by atoms with van der Waals surface area (Å²) in [6, 6.07) is 8.19. The number of nitrogens with one attached hydrogen (secondary N) is 1. The van der Waals surface area contributed by atoms with E-state index < -0.39 is 0 Å². The molecule has 3 rings (SSSR count). The van der Waals surface area contributed by atoms with E-state index in [2.05, 4.69) is 17.4 Å². The first-order valence-electron chi connectivity index (χ1n) is 6.29. The molecule has 18 heavy (non-hydrogen) atoms. The van der Waals surface area contributed by atoms with Crippen LogP contribution in [-0.4, -0.2) is 24.1 Å². The lowest BCUT2D eigenvalue weighted by atomic mass is 10.00. The van der Waals surface area contributed by atoms with Gasteiger partial charge in [0.15, 0.2) is 0 Å². The van der Waals surface area contributed by atoms with E-state index in [0.29, 0.717) is 5.88 Å². The van der Waals surface area contributed by atoms with Gasteiger partial charge in [-0.25, -0.2) is 0 Å². The molecular formula is C14H16ClNOS. The molecule has 0 radical (unpaired) electrons. The van der Waals surface area contributed by atoms with Crippen molar-refractivity contribution in [2.75, 3.05) is 18.2 Å². The molecule has 1 aromatic carbocycles. The predicted molar refractivity (Wildman–Crippen MR) is 75.3 cm³/mol. The van der Waals surface area contributed by atoms with Crippen molar-refractivity contribution in [2.45, 2.75) is 23.7 Å². The molecule has 96 valence electrons. The molecule has 2 aliphatic rings. The van der Waals surface area contributed by atoms with Crippen molar-refractivity contribution in [1.82, 2.24) is 5.32 Å². The van der Waals surface area contributed by atoms with Crippen LogP contribution in [0.1, 0.15) is 24.3 Å². The molecule has 1 amide bonds. The maximum absolute atomic E-state index is 12.2. The van der Waals surface area contributed by atoms with Crippen molar-refractivity contribution in [1.29, 1.82) is 0 Å². The molecule has 2 nitrogen and oxygen atoms in total. The summed E-state index contributed by atoms with van der Waals surface area (Å²) in [7, 11) is 0. The van der Waals surface area contributed by atoms with E-state index in [0.717, 1.165) is 25.1 Å². The first-order chi connectivity index (χ1) is 8.74. The second kappa shape index (κ2) is 4.78. The van der Waals surface area contributed by atoms with Crippen molar-refractivity contribution < 1.29 is 4.79 Å². The zero-order valence-corrected chi connectivity index (χ0v) is 11.7. The van der Waals surface area contributed by atoms with Crippen molar-refractivity contribution in [3.8, 4) is 0 Å². The molecule has 1 unspecified atom stereocenters. The molecule has 1 fully saturated rings. The zero-order chi connectivity index (χ0) is 12.6. The molecule has 0 spiro atoms. The summed E-state index contributed by atoms with van der Waals surface area (Å²) in [5.74, 6) is 1.68. The predicted octanol–water partition coefficient (Wildman–Crippen LogP) is 3.01. The molecule has 1 atom stereocenters. The SMILES string of the molecule is O=C(NCC1(CCl)CC1)C1CSc2ccccc21. The molecule has 4 heteroatoms. The van der Waals surface area contributed by atoms with Crippen LogP contribution in [0.5, 0.6) is 0 Å². The molecule has 1 aromatic rings. The number of benzene rings is 1. The van der Waals surface area contributed by atoms with Crippen LogP contribution < -0.4 is 5.32 Å². The largest absolute Gasteiger partial charge is 0.355 e. The molecule has 0 aromatic heterocycles. The van der Waals surface area contributed by atoms with Crippen molar-refractivity contribution >= 4 is 29.3 Å². The molecule has 0 saturated heterocycles. The van der Waals surface area contributed by atoms with E-state index in [4.69, 9.17) is 11.6 Å². The van der Waals surface area contributed by atoms with Crippen molar-refractivity contribution in [3.63, 3.8) is 0 Å². The molecule has 1 aliphatic heterocycles. The molecule has 1 heterocycles. The lowest BCUT2D eigenvalue weighted by Crippen LogP contribution is -2.34. The molecular weight excluding hydrogens is 266 g/mol. The first-order valence-corrected chi connectivity index (χ1v) is 7.82. The molecule has 0 bridgehead atoms. The van der Waals surface area contributed by atoms with Gasteiger partial charge in [-0.15, -0.1) is 23.4 Å². The van der Waals surface area contributed by atoms with Crippen LogP contribution >= 0.6 is 23.4 Å². The average molecular weight is 282 g/mol. The Morgan fingerprint density at radius 3 is 2.94 bits per heavy atom. The fourth-order valence-electron chi connectivity index (χ4n) is 2.31. The number of amides is 1. The highest BCUT2D eigenvalue weighted by Crippen LogP contribution is 2.46. The minimum atomic E-state index is 0.0114. The van der Waals surface area contributed by atoms with Gasteiger partial charge in [0.2, 0.25) is 5.91 Å². The normalized spacial score (nSPS) is 23.5. The fraction of sp³-hybridized carbons (Fsp3) is 0.500. The van der Waals surface area contributed by atoms with Crippen molar-refractivity contribution in [3.05, 3.63) is 29.8 Å². The third kappa shape index (κ3) is 2.26. The van der Waals surface area contributed by atoms with Crippen LogP contribution in [0.15, 0.2) is 29.2 Å². The van der Waals surface area contributed by atoms with Crippen molar-refractivity contribution in [2.24, 2.45) is 5.41 Å². The Kier molecular flexibility index (Phi) is 3.29. The Hall–Kier alpha value is -0.670. The van der Waals surface area contributed by atoms with E-state index in [-0.39, 0.29) is 17.2 Å². The number of hydrogen-bond donors (Lipinski definition) is 1. The van der Waals surface area contributed by atoms with Gasteiger partial charge in [-0.3, -0.25) is 4.79 Å². The number of rotatable bonds is 4. The topological polar surface area (TPSA) is 29.1 Å². The van der Waals surface area contributed by atoms with Crippen LogP contribution in [0.3, 0.4) is 0 Å². The lowest BCUT2D eigenvalue weighted by molar-refractivity contribution is -0.122. The third-order valence-corrected chi connectivity index (χ3v) is 5.64. The number of alkyl halides is 1. The van der Waals surface area contributed by atoms with Crippen LogP contribution in [0.2, 0.25) is 0 Å². The maximum Gasteiger partial charge on any atom is 0.228 e. The minimum absolute atomic E-state index is 0.0114. The number of carbonyl (C=O) groups is 1. The monoisotopic (exact) mass is 281 g/mol. The fourth-order valence-corrected chi connectivity index (χ4v) is 3.90. The number of halogens is 1. The number of carbonyl (C=O) groups excluding carboxylic acids is 1. The highest BCUT2D eigenvalue weighted by molar-refractivity contribution is 7.99. The Labute approximate surface area is 116 Å². The standard InChI is InChI=1S/C14H16ClNOS/c15-8-14(5-6-14)9-16-13(17)11-7-18-12-4-2-1-3-10(11)12/h1-4,11H,5-9H2,(H,16,17). The Bertz CT molecular complexity index is 473. The van der Waals surface area contributed by atoms with Gasteiger partial charge in [-0.05, 0) is 24.5 Å². The lowest BCUT2D eigenvalue weighted by Gasteiger charge is -2.15. The maximum atomic E-state index is 12.2. The zero-order valence-electron chi connectivity index (χ0n) is 10.1. The Morgan fingerprint density at radius 1 is 1.44 bits per heavy atom. The van der Waals surface area contributed by atoms with Crippen LogP contribution in [-0.2, 0) is 4.79 Å². The van der Waals surface area contributed by atoms with Gasteiger partial charge < -0.3 is 5.32 Å². The van der Waals surface area contributed by atoms with Gasteiger partial charge in [-0.2, -0.15) is 0 Å². The van der Waals surface area contributed by atoms with Gasteiger partial charge in [-0.1, -0.05) is 18.2 Å². The van der Waals surface area contributed by atoms with Crippen LogP contribution in [0, 0.1) is 5.41 Å². The molecule has 1 aliphatic carbocycles. The van der Waals surface area contributed by atoms with Crippen LogP contribution in [0.4, 0.5) is 0 Å². The van der Waals surface area contributed by atoms with Gasteiger partial charge in [0.05, 0.1) is 5.92 Å². The second-order valence-electron chi connectivity index (χ2n) is 5.25. The van der Waals surface area contributed by atoms with Gasteiger partial charge in [0.1, 0.15) is 0 Å². The van der Waals surface area contributed by atoms with Gasteiger partial charge >= 0.3 is 0 Å². The third-order valence-electron chi connectivity index (χ3n) is 3.89. The van der Waals surface area contributed by atoms with E-state index in [9.17, 15) is 4.79 Å². The highest BCUT2D eigenvalue weighted by Gasteiger charge is 2.42. The Morgan fingerprint density at radius 2 is 2.22 bits per heavy atom.